The topological polar surface area (TPSA) is 49.8 Å². The van der Waals surface area contributed by atoms with E-state index in [9.17, 15) is 8.78 Å². The molecule has 1 heterocycles. The third-order valence-electron chi connectivity index (χ3n) is 2.23. The van der Waals surface area contributed by atoms with Gasteiger partial charge in [-0.2, -0.15) is 9.65 Å². The van der Waals surface area contributed by atoms with E-state index in [1.807, 2.05) is 6.07 Å². The quantitative estimate of drug-likeness (QED) is 0.801. The molecule has 2 rings (SSSR count). The van der Waals surface area contributed by atoms with Crippen molar-refractivity contribution in [2.45, 2.75) is 0 Å². The SMILES string of the molecule is N#Cc1cc(-c2c(F)csc2F)c(N)cc1Cl. The Morgan fingerprint density at radius 3 is 2.59 bits per heavy atom. The van der Waals surface area contributed by atoms with Gasteiger partial charge in [-0.3, -0.25) is 0 Å². The van der Waals surface area contributed by atoms with Crippen LogP contribution in [0, 0.1) is 22.3 Å². The van der Waals surface area contributed by atoms with Gasteiger partial charge in [-0.15, -0.1) is 11.3 Å². The first-order valence-electron chi connectivity index (χ1n) is 4.46. The Morgan fingerprint density at radius 2 is 2.06 bits per heavy atom. The number of nitrogen functional groups attached to an aromatic ring is 1. The summed E-state index contributed by atoms with van der Waals surface area (Å²) in [4.78, 5) is 0. The van der Waals surface area contributed by atoms with E-state index >= 15 is 0 Å². The van der Waals surface area contributed by atoms with Gasteiger partial charge in [0.15, 0.2) is 5.13 Å². The highest BCUT2D eigenvalue weighted by Crippen LogP contribution is 2.36. The molecule has 0 unspecified atom stereocenters. The summed E-state index contributed by atoms with van der Waals surface area (Å²) in [5.41, 5.74) is 5.83. The molecular formula is C11H5ClF2N2S. The summed E-state index contributed by atoms with van der Waals surface area (Å²) in [5.74, 6) is -0.703. The van der Waals surface area contributed by atoms with E-state index in [1.165, 1.54) is 12.1 Å². The molecule has 0 amide bonds. The fraction of sp³-hybridized carbons (Fsp3) is 0. The van der Waals surface area contributed by atoms with Crippen LogP contribution in [0.1, 0.15) is 5.56 Å². The third-order valence-corrected chi connectivity index (χ3v) is 3.28. The standard InChI is InChI=1S/C11H5ClF2N2S/c12-7-2-9(16)6(1-5(7)3-15)10-8(13)4-17-11(10)14/h1-2,4H,16H2. The van der Waals surface area contributed by atoms with E-state index in [4.69, 9.17) is 22.6 Å². The zero-order chi connectivity index (χ0) is 12.6. The summed E-state index contributed by atoms with van der Waals surface area (Å²) >= 11 is 6.39. The van der Waals surface area contributed by atoms with E-state index < -0.39 is 10.9 Å². The average Bonchev–Trinajstić information content (AvgIpc) is 2.60. The first kappa shape index (κ1) is 11.8. The predicted molar refractivity (Wildman–Crippen MR) is 63.8 cm³/mol. The van der Waals surface area contributed by atoms with Gasteiger partial charge >= 0.3 is 0 Å². The number of rotatable bonds is 1. The van der Waals surface area contributed by atoms with Crippen LogP contribution >= 0.6 is 22.9 Å². The van der Waals surface area contributed by atoms with Crippen LogP contribution in [0.4, 0.5) is 14.5 Å². The molecule has 17 heavy (non-hydrogen) atoms. The van der Waals surface area contributed by atoms with Crippen LogP contribution < -0.4 is 5.73 Å². The normalized spacial score (nSPS) is 10.2. The van der Waals surface area contributed by atoms with Crippen LogP contribution in [0.5, 0.6) is 0 Å². The Morgan fingerprint density at radius 1 is 1.35 bits per heavy atom. The molecule has 0 fully saturated rings. The van der Waals surface area contributed by atoms with Crippen molar-refractivity contribution in [3.63, 3.8) is 0 Å². The van der Waals surface area contributed by atoms with Crippen LogP contribution in [0.25, 0.3) is 11.1 Å². The van der Waals surface area contributed by atoms with E-state index in [0.29, 0.717) is 11.3 Å². The van der Waals surface area contributed by atoms with Crippen LogP contribution in [0.3, 0.4) is 0 Å². The van der Waals surface area contributed by atoms with Crippen molar-refractivity contribution in [3.05, 3.63) is 39.0 Å². The molecule has 0 aliphatic carbocycles. The number of nitriles is 1. The minimum atomic E-state index is -0.703. The molecular weight excluding hydrogens is 266 g/mol. The Kier molecular flexibility index (Phi) is 3.01. The highest BCUT2D eigenvalue weighted by molar-refractivity contribution is 7.08. The van der Waals surface area contributed by atoms with Crippen LogP contribution in [0.15, 0.2) is 17.5 Å². The van der Waals surface area contributed by atoms with Gasteiger partial charge in [-0.05, 0) is 12.1 Å². The number of benzene rings is 1. The lowest BCUT2D eigenvalue weighted by Crippen LogP contribution is -1.94. The summed E-state index contributed by atoms with van der Waals surface area (Å²) in [6.45, 7) is 0. The molecule has 1 aromatic heterocycles. The largest absolute Gasteiger partial charge is 0.398 e. The van der Waals surface area contributed by atoms with Crippen molar-refractivity contribution in [1.82, 2.24) is 0 Å². The molecule has 2 N–H and O–H groups in total. The minimum Gasteiger partial charge on any atom is -0.398 e. The van der Waals surface area contributed by atoms with Gasteiger partial charge in [0, 0.05) is 16.6 Å². The molecule has 86 valence electrons. The fourth-order valence-corrected chi connectivity index (χ4v) is 2.31. The maximum absolute atomic E-state index is 13.4. The predicted octanol–water partition coefficient (Wildman–Crippen LogP) is 3.80. The Bertz CT molecular complexity index is 612. The second kappa shape index (κ2) is 4.32. The molecule has 0 aliphatic heterocycles. The Hall–Kier alpha value is -1.64. The molecule has 2 nitrogen and oxygen atoms in total. The van der Waals surface area contributed by atoms with E-state index in [-0.39, 0.29) is 27.4 Å². The Labute approximate surface area is 105 Å². The van der Waals surface area contributed by atoms with Crippen molar-refractivity contribution in [1.29, 1.82) is 5.26 Å². The number of hydrogen-bond donors (Lipinski definition) is 1. The summed E-state index contributed by atoms with van der Waals surface area (Å²) in [5, 5.41) is 9.33. The molecule has 2 aromatic rings. The van der Waals surface area contributed by atoms with Gasteiger partial charge in [0.2, 0.25) is 0 Å². The van der Waals surface area contributed by atoms with Crippen LogP contribution in [0.2, 0.25) is 5.02 Å². The summed E-state index contributed by atoms with van der Waals surface area (Å²) in [6.07, 6.45) is 0. The summed E-state index contributed by atoms with van der Waals surface area (Å²) in [6, 6.07) is 4.43. The lowest BCUT2D eigenvalue weighted by Gasteiger charge is -2.06. The number of halogens is 3. The monoisotopic (exact) mass is 270 g/mol. The highest BCUT2D eigenvalue weighted by Gasteiger charge is 2.18. The lowest BCUT2D eigenvalue weighted by molar-refractivity contribution is 0.615. The molecule has 1 aromatic carbocycles. The van der Waals surface area contributed by atoms with Crippen molar-refractivity contribution >= 4 is 28.6 Å². The zero-order valence-corrected chi connectivity index (χ0v) is 9.87. The molecule has 0 spiro atoms. The lowest BCUT2D eigenvalue weighted by atomic mass is 10.0. The van der Waals surface area contributed by atoms with Gasteiger partial charge in [0.05, 0.1) is 16.1 Å². The summed E-state index contributed by atoms with van der Waals surface area (Å²) < 4.78 is 26.8. The number of hydrogen-bond acceptors (Lipinski definition) is 3. The van der Waals surface area contributed by atoms with Gasteiger partial charge in [-0.25, -0.2) is 4.39 Å². The van der Waals surface area contributed by atoms with Gasteiger partial charge < -0.3 is 5.73 Å². The maximum atomic E-state index is 13.4. The molecule has 0 saturated heterocycles. The first-order valence-corrected chi connectivity index (χ1v) is 5.72. The molecule has 0 saturated carbocycles. The smallest absolute Gasteiger partial charge is 0.187 e. The third kappa shape index (κ3) is 1.97. The highest BCUT2D eigenvalue weighted by atomic mass is 35.5. The van der Waals surface area contributed by atoms with Crippen LogP contribution in [-0.2, 0) is 0 Å². The maximum Gasteiger partial charge on any atom is 0.187 e. The van der Waals surface area contributed by atoms with Gasteiger partial charge in [-0.1, -0.05) is 11.6 Å². The van der Waals surface area contributed by atoms with Crippen molar-refractivity contribution in [3.8, 4) is 17.2 Å². The second-order valence-electron chi connectivity index (χ2n) is 3.26. The molecule has 6 heteroatoms. The molecule has 0 aliphatic rings. The van der Waals surface area contributed by atoms with Crippen molar-refractivity contribution in [2.75, 3.05) is 5.73 Å². The number of nitrogens with two attached hydrogens (primary N) is 1. The number of thiophene rings is 1. The minimum absolute atomic E-state index is 0.126. The molecule has 0 bridgehead atoms. The zero-order valence-electron chi connectivity index (χ0n) is 8.30. The average molecular weight is 271 g/mol. The van der Waals surface area contributed by atoms with Crippen molar-refractivity contribution < 1.29 is 8.78 Å². The first-order chi connectivity index (χ1) is 8.04. The van der Waals surface area contributed by atoms with Crippen molar-refractivity contribution in [2.24, 2.45) is 0 Å². The number of nitrogens with zero attached hydrogens (tertiary/aromatic N) is 1. The van der Waals surface area contributed by atoms with E-state index in [1.54, 1.807) is 0 Å². The van der Waals surface area contributed by atoms with Gasteiger partial charge in [0.1, 0.15) is 11.9 Å². The van der Waals surface area contributed by atoms with Gasteiger partial charge in [0.25, 0.3) is 0 Å². The van der Waals surface area contributed by atoms with Crippen LogP contribution in [-0.4, -0.2) is 0 Å². The second-order valence-corrected chi connectivity index (χ2v) is 4.50. The fourth-order valence-electron chi connectivity index (χ4n) is 1.44. The molecule has 0 atom stereocenters. The van der Waals surface area contributed by atoms with E-state index in [0.717, 1.165) is 5.38 Å². The molecule has 0 radical (unpaired) electrons. The number of anilines is 1. The van der Waals surface area contributed by atoms with E-state index in [2.05, 4.69) is 0 Å². The Balaban J connectivity index is 2.73. The summed E-state index contributed by atoms with van der Waals surface area (Å²) in [7, 11) is 0.